The predicted molar refractivity (Wildman–Crippen MR) is 102 cm³/mol. The van der Waals surface area contributed by atoms with Gasteiger partial charge in [-0.15, -0.1) is 0 Å². The van der Waals surface area contributed by atoms with Crippen LogP contribution in [0.3, 0.4) is 0 Å². The summed E-state index contributed by atoms with van der Waals surface area (Å²) in [6, 6.07) is 9.41. The van der Waals surface area contributed by atoms with Gasteiger partial charge in [-0.25, -0.2) is 8.42 Å². The fraction of sp³-hybridized carbons (Fsp3) is 0.278. The van der Waals surface area contributed by atoms with Crippen LogP contribution in [0.1, 0.15) is 11.1 Å². The Morgan fingerprint density at radius 1 is 1.12 bits per heavy atom. The Kier molecular flexibility index (Phi) is 6.15. The quantitative estimate of drug-likeness (QED) is 0.813. The normalized spacial score (nSPS) is 11.1. The number of halogens is 1. The summed E-state index contributed by atoms with van der Waals surface area (Å²) in [6.45, 7) is 3.45. The molecule has 0 aromatic heterocycles. The number of hydrogen-bond acceptors (Lipinski definition) is 4. The Morgan fingerprint density at radius 3 is 2.38 bits per heavy atom. The van der Waals surface area contributed by atoms with E-state index in [1.165, 1.54) is 23.1 Å². The van der Waals surface area contributed by atoms with Gasteiger partial charge in [0.25, 0.3) is 15.9 Å². The third-order valence-electron chi connectivity index (χ3n) is 3.73. The molecule has 2 aromatic carbocycles. The number of aryl methyl sites for hydroxylation is 2. The van der Waals surface area contributed by atoms with E-state index in [1.54, 1.807) is 39.2 Å². The molecule has 0 fully saturated rings. The topological polar surface area (TPSA) is 75.7 Å². The second kappa shape index (κ2) is 7.97. The van der Waals surface area contributed by atoms with Gasteiger partial charge >= 0.3 is 0 Å². The average molecular weight is 397 g/mol. The highest BCUT2D eigenvalue weighted by Gasteiger charge is 2.17. The van der Waals surface area contributed by atoms with E-state index in [2.05, 4.69) is 4.72 Å². The first-order valence-electron chi connectivity index (χ1n) is 7.83. The molecule has 0 aliphatic heterocycles. The van der Waals surface area contributed by atoms with Gasteiger partial charge in [0.15, 0.2) is 6.61 Å². The van der Waals surface area contributed by atoms with Gasteiger partial charge in [0.2, 0.25) is 0 Å². The number of nitrogens with zero attached hydrogens (tertiary/aromatic N) is 1. The lowest BCUT2D eigenvalue weighted by atomic mass is 10.2. The fourth-order valence-electron chi connectivity index (χ4n) is 2.09. The molecular weight excluding hydrogens is 376 g/mol. The van der Waals surface area contributed by atoms with Crippen molar-refractivity contribution in [3.05, 3.63) is 52.5 Å². The smallest absolute Gasteiger partial charge is 0.261 e. The van der Waals surface area contributed by atoms with Gasteiger partial charge in [0, 0.05) is 19.1 Å². The number of sulfonamides is 1. The van der Waals surface area contributed by atoms with E-state index in [0.29, 0.717) is 22.0 Å². The fourth-order valence-corrected chi connectivity index (χ4v) is 3.40. The monoisotopic (exact) mass is 396 g/mol. The summed E-state index contributed by atoms with van der Waals surface area (Å²) in [5, 5.41) is 0.482. The van der Waals surface area contributed by atoms with Gasteiger partial charge in [0.05, 0.1) is 10.6 Å². The number of likely N-dealkylation sites (N-methyl/N-ethyl adjacent to an activating group) is 1. The summed E-state index contributed by atoms with van der Waals surface area (Å²) in [5.41, 5.74) is 1.86. The van der Waals surface area contributed by atoms with Crippen molar-refractivity contribution in [1.29, 1.82) is 0 Å². The molecule has 0 aliphatic carbocycles. The minimum absolute atomic E-state index is 0.0954. The maximum absolute atomic E-state index is 12.6. The largest absolute Gasteiger partial charge is 0.483 e. The number of carbonyl (C=O) groups is 1. The number of nitrogens with one attached hydrogen (secondary N) is 1. The average Bonchev–Trinajstić information content (AvgIpc) is 2.56. The Bertz CT molecular complexity index is 927. The molecule has 8 heteroatoms. The van der Waals surface area contributed by atoms with E-state index in [0.717, 1.165) is 5.56 Å². The number of rotatable bonds is 6. The molecule has 0 spiro atoms. The van der Waals surface area contributed by atoms with E-state index >= 15 is 0 Å². The van der Waals surface area contributed by atoms with Crippen LogP contribution in [0.15, 0.2) is 41.3 Å². The number of hydrogen-bond donors (Lipinski definition) is 1. The summed E-state index contributed by atoms with van der Waals surface area (Å²) in [4.78, 5) is 13.1. The second-order valence-corrected chi connectivity index (χ2v) is 8.16. The standard InChI is InChI=1S/C18H21ClN2O4S/c1-12-5-6-14(10-16(12)19)20-26(23,24)15-7-8-17(13(2)9-15)25-11-18(22)21(3)4/h5-10,20H,11H2,1-4H3. The zero-order chi connectivity index (χ0) is 19.5. The Hall–Kier alpha value is -2.25. The minimum atomic E-state index is -3.77. The number of amides is 1. The maximum atomic E-state index is 12.6. The summed E-state index contributed by atoms with van der Waals surface area (Å²) >= 11 is 6.03. The van der Waals surface area contributed by atoms with Crippen molar-refractivity contribution in [2.24, 2.45) is 0 Å². The predicted octanol–water partition coefficient (Wildman–Crippen LogP) is 3.22. The van der Waals surface area contributed by atoms with Gasteiger partial charge in [-0.05, 0) is 55.3 Å². The molecule has 0 bridgehead atoms. The van der Waals surface area contributed by atoms with Gasteiger partial charge in [-0.2, -0.15) is 0 Å². The molecule has 1 amide bonds. The van der Waals surface area contributed by atoms with Crippen LogP contribution in [-0.2, 0) is 14.8 Å². The first kappa shape index (κ1) is 20.1. The Balaban J connectivity index is 2.18. The first-order chi connectivity index (χ1) is 12.1. The second-order valence-electron chi connectivity index (χ2n) is 6.07. The van der Waals surface area contributed by atoms with E-state index in [4.69, 9.17) is 16.3 Å². The molecule has 6 nitrogen and oxygen atoms in total. The van der Waals surface area contributed by atoms with Crippen LogP contribution in [0.2, 0.25) is 5.02 Å². The molecule has 0 saturated carbocycles. The van der Waals surface area contributed by atoms with E-state index < -0.39 is 10.0 Å². The van der Waals surface area contributed by atoms with Crippen LogP contribution in [0, 0.1) is 13.8 Å². The van der Waals surface area contributed by atoms with E-state index in [1.807, 2.05) is 6.92 Å². The molecule has 0 unspecified atom stereocenters. The van der Waals surface area contributed by atoms with Crippen molar-refractivity contribution in [1.82, 2.24) is 4.90 Å². The van der Waals surface area contributed by atoms with Gasteiger partial charge in [0.1, 0.15) is 5.75 Å². The van der Waals surface area contributed by atoms with Crippen molar-refractivity contribution >= 4 is 33.2 Å². The third kappa shape index (κ3) is 4.89. The summed E-state index contributed by atoms with van der Waals surface area (Å²) < 4.78 is 33.1. The van der Waals surface area contributed by atoms with Crippen LogP contribution < -0.4 is 9.46 Å². The molecule has 0 heterocycles. The molecule has 0 aliphatic rings. The lowest BCUT2D eigenvalue weighted by Crippen LogP contribution is -2.27. The van der Waals surface area contributed by atoms with Gasteiger partial charge in [-0.1, -0.05) is 17.7 Å². The first-order valence-corrected chi connectivity index (χ1v) is 9.69. The molecule has 2 aromatic rings. The lowest BCUT2D eigenvalue weighted by Gasteiger charge is -2.14. The molecular formula is C18H21ClN2O4S. The molecule has 140 valence electrons. The van der Waals surface area contributed by atoms with Crippen molar-refractivity contribution < 1.29 is 17.9 Å². The number of carbonyl (C=O) groups excluding carboxylic acids is 1. The molecule has 26 heavy (non-hydrogen) atoms. The summed E-state index contributed by atoms with van der Waals surface area (Å²) in [6.07, 6.45) is 0. The highest BCUT2D eigenvalue weighted by Crippen LogP contribution is 2.25. The van der Waals surface area contributed by atoms with Crippen molar-refractivity contribution in [2.45, 2.75) is 18.7 Å². The van der Waals surface area contributed by atoms with Crippen molar-refractivity contribution in [3.8, 4) is 5.75 Å². The van der Waals surface area contributed by atoms with Crippen LogP contribution in [0.25, 0.3) is 0 Å². The molecule has 1 N–H and O–H groups in total. The van der Waals surface area contributed by atoms with Crippen molar-refractivity contribution in [3.63, 3.8) is 0 Å². The van der Waals surface area contributed by atoms with Gasteiger partial charge < -0.3 is 9.64 Å². The summed E-state index contributed by atoms with van der Waals surface area (Å²) in [7, 11) is -0.494. The number of ether oxygens (including phenoxy) is 1. The van der Waals surface area contributed by atoms with Gasteiger partial charge in [-0.3, -0.25) is 9.52 Å². The van der Waals surface area contributed by atoms with Crippen molar-refractivity contribution in [2.75, 3.05) is 25.4 Å². The minimum Gasteiger partial charge on any atom is -0.483 e. The van der Waals surface area contributed by atoms with E-state index in [9.17, 15) is 13.2 Å². The Morgan fingerprint density at radius 2 is 1.81 bits per heavy atom. The number of benzene rings is 2. The van der Waals surface area contributed by atoms with Crippen LogP contribution in [0.5, 0.6) is 5.75 Å². The molecule has 0 radical (unpaired) electrons. The molecule has 0 saturated heterocycles. The number of anilines is 1. The highest BCUT2D eigenvalue weighted by molar-refractivity contribution is 7.92. The molecule has 0 atom stereocenters. The Labute approximate surface area is 158 Å². The maximum Gasteiger partial charge on any atom is 0.261 e. The SMILES string of the molecule is Cc1ccc(NS(=O)(=O)c2ccc(OCC(=O)N(C)C)c(C)c2)cc1Cl. The van der Waals surface area contributed by atoms with E-state index in [-0.39, 0.29) is 17.4 Å². The van der Waals surface area contributed by atoms with Crippen LogP contribution in [0.4, 0.5) is 5.69 Å². The zero-order valence-corrected chi connectivity index (χ0v) is 16.6. The third-order valence-corrected chi connectivity index (χ3v) is 5.52. The highest BCUT2D eigenvalue weighted by atomic mass is 35.5. The lowest BCUT2D eigenvalue weighted by molar-refractivity contribution is -0.130. The molecule has 2 rings (SSSR count). The van der Waals surface area contributed by atoms with Crippen LogP contribution >= 0.6 is 11.6 Å². The van der Waals surface area contributed by atoms with Crippen LogP contribution in [-0.4, -0.2) is 39.9 Å². The summed E-state index contributed by atoms with van der Waals surface area (Å²) in [5.74, 6) is 0.275. The zero-order valence-electron chi connectivity index (χ0n) is 15.0.